The van der Waals surface area contributed by atoms with E-state index in [1.807, 2.05) is 0 Å². The lowest BCUT2D eigenvalue weighted by Gasteiger charge is -2.24. The fourth-order valence-corrected chi connectivity index (χ4v) is 3.37. The number of hydrogen-bond donors (Lipinski definition) is 2. The molecule has 0 fully saturated rings. The van der Waals surface area contributed by atoms with Crippen LogP contribution in [0.4, 0.5) is 0 Å². The zero-order valence-corrected chi connectivity index (χ0v) is 12.9. The van der Waals surface area contributed by atoms with Crippen LogP contribution in [0.15, 0.2) is 29.1 Å². The Morgan fingerprint density at radius 2 is 2.13 bits per heavy atom. The molecule has 0 saturated heterocycles. The van der Waals surface area contributed by atoms with Crippen LogP contribution in [-0.2, 0) is 12.8 Å². The highest BCUT2D eigenvalue weighted by Gasteiger charge is 2.22. The van der Waals surface area contributed by atoms with E-state index in [2.05, 4.69) is 24.3 Å². The van der Waals surface area contributed by atoms with E-state index in [0.717, 1.165) is 46.9 Å². The number of carbonyl (C=O) groups is 1. The second-order valence-corrected chi connectivity index (χ2v) is 6.11. The molecule has 0 unspecified atom stereocenters. The van der Waals surface area contributed by atoms with Crippen molar-refractivity contribution in [3.05, 3.63) is 51.4 Å². The number of aromatic nitrogens is 4. The van der Waals surface area contributed by atoms with E-state index in [4.69, 9.17) is 0 Å². The van der Waals surface area contributed by atoms with Gasteiger partial charge in [-0.05, 0) is 43.0 Å². The SMILES string of the molecule is O=C(N[C@@H]1CCc2n[nH]c(=O)cc2C1)c1ccc2nsnc2c1. The largest absolute Gasteiger partial charge is 0.349 e. The highest BCUT2D eigenvalue weighted by atomic mass is 32.1. The molecule has 7 nitrogen and oxygen atoms in total. The zero-order chi connectivity index (χ0) is 15.8. The van der Waals surface area contributed by atoms with Gasteiger partial charge in [-0.3, -0.25) is 9.59 Å². The molecule has 3 aromatic rings. The van der Waals surface area contributed by atoms with E-state index >= 15 is 0 Å². The number of H-pyrrole nitrogens is 1. The van der Waals surface area contributed by atoms with Gasteiger partial charge in [-0.2, -0.15) is 13.8 Å². The Hall–Kier alpha value is -2.61. The molecule has 0 spiro atoms. The Morgan fingerprint density at radius 1 is 1.26 bits per heavy atom. The lowest BCUT2D eigenvalue weighted by molar-refractivity contribution is 0.0933. The number of carbonyl (C=O) groups excluding carboxylic acids is 1. The summed E-state index contributed by atoms with van der Waals surface area (Å²) in [5.74, 6) is -0.133. The first-order chi connectivity index (χ1) is 11.2. The Balaban J connectivity index is 1.51. The number of nitrogens with zero attached hydrogens (tertiary/aromatic N) is 3. The second kappa shape index (κ2) is 5.54. The molecule has 1 atom stereocenters. The van der Waals surface area contributed by atoms with E-state index in [1.54, 1.807) is 24.3 Å². The van der Waals surface area contributed by atoms with Gasteiger partial charge in [0.2, 0.25) is 0 Å². The van der Waals surface area contributed by atoms with Crippen LogP contribution in [0.2, 0.25) is 0 Å². The van der Waals surface area contributed by atoms with Crippen LogP contribution in [-0.4, -0.2) is 30.9 Å². The first kappa shape index (κ1) is 14.0. The summed E-state index contributed by atoms with van der Waals surface area (Å²) in [6.45, 7) is 0. The monoisotopic (exact) mass is 327 g/mol. The average Bonchev–Trinajstić information content (AvgIpc) is 3.02. The molecule has 0 aliphatic heterocycles. The number of aryl methyl sites for hydroxylation is 1. The number of amides is 1. The van der Waals surface area contributed by atoms with Crippen LogP contribution >= 0.6 is 11.7 Å². The summed E-state index contributed by atoms with van der Waals surface area (Å²) in [7, 11) is 0. The van der Waals surface area contributed by atoms with Crippen LogP contribution < -0.4 is 10.9 Å². The number of benzene rings is 1. The van der Waals surface area contributed by atoms with E-state index in [9.17, 15) is 9.59 Å². The topological polar surface area (TPSA) is 101 Å². The van der Waals surface area contributed by atoms with Gasteiger partial charge in [0.25, 0.3) is 11.5 Å². The van der Waals surface area contributed by atoms with Crippen molar-refractivity contribution < 1.29 is 4.79 Å². The van der Waals surface area contributed by atoms with Crippen molar-refractivity contribution in [3.63, 3.8) is 0 Å². The molecule has 1 aliphatic carbocycles. The Morgan fingerprint density at radius 3 is 3.04 bits per heavy atom. The minimum atomic E-state index is -0.211. The fraction of sp³-hybridized carbons (Fsp3) is 0.267. The molecule has 0 radical (unpaired) electrons. The molecule has 2 N–H and O–H groups in total. The van der Waals surface area contributed by atoms with Crippen LogP contribution in [0, 0.1) is 0 Å². The summed E-state index contributed by atoms with van der Waals surface area (Å²) in [5, 5.41) is 9.53. The van der Waals surface area contributed by atoms with Gasteiger partial charge in [0.15, 0.2) is 0 Å². The minimum absolute atomic E-state index is 0.00264. The predicted molar refractivity (Wildman–Crippen MR) is 85.6 cm³/mol. The van der Waals surface area contributed by atoms with E-state index in [0.29, 0.717) is 12.0 Å². The summed E-state index contributed by atoms with van der Waals surface area (Å²) < 4.78 is 8.28. The van der Waals surface area contributed by atoms with Crippen molar-refractivity contribution in [1.82, 2.24) is 24.3 Å². The molecular weight excluding hydrogens is 314 g/mol. The third-order valence-corrected chi connectivity index (χ3v) is 4.58. The smallest absolute Gasteiger partial charge is 0.264 e. The van der Waals surface area contributed by atoms with Crippen LogP contribution in [0.5, 0.6) is 0 Å². The standard InChI is InChI=1S/C15H13N5O2S/c21-14-7-9-5-10(2-4-11(9)17-18-14)16-15(22)8-1-3-12-13(6-8)20-23-19-12/h1,3,6-7,10H,2,4-5H2,(H,16,22)(H,18,21)/t10-/m1/s1. The van der Waals surface area contributed by atoms with Crippen LogP contribution in [0.25, 0.3) is 11.0 Å². The summed E-state index contributed by atoms with van der Waals surface area (Å²) in [4.78, 5) is 23.8. The van der Waals surface area contributed by atoms with E-state index in [-0.39, 0.29) is 17.5 Å². The summed E-state index contributed by atoms with van der Waals surface area (Å²) >= 11 is 1.13. The van der Waals surface area contributed by atoms with Crippen molar-refractivity contribution in [2.45, 2.75) is 25.3 Å². The Labute approximate surface area is 135 Å². The zero-order valence-electron chi connectivity index (χ0n) is 12.1. The highest BCUT2D eigenvalue weighted by molar-refractivity contribution is 7.00. The predicted octanol–water partition coefficient (Wildman–Crippen LogP) is 1.06. The molecule has 0 bridgehead atoms. The summed E-state index contributed by atoms with van der Waals surface area (Å²) in [6, 6.07) is 6.86. The molecule has 8 heteroatoms. The van der Waals surface area contributed by atoms with Gasteiger partial charge in [0.05, 0.1) is 17.4 Å². The molecule has 116 valence electrons. The van der Waals surface area contributed by atoms with Gasteiger partial charge < -0.3 is 5.32 Å². The third kappa shape index (κ3) is 2.72. The number of fused-ring (bicyclic) bond motifs is 2. The van der Waals surface area contributed by atoms with Crippen molar-refractivity contribution in [1.29, 1.82) is 0 Å². The van der Waals surface area contributed by atoms with Crippen LogP contribution in [0.3, 0.4) is 0 Å². The molecule has 1 aliphatic rings. The van der Waals surface area contributed by atoms with Crippen molar-refractivity contribution in [2.75, 3.05) is 0 Å². The number of hydrogen-bond acceptors (Lipinski definition) is 6. The molecule has 0 saturated carbocycles. The van der Waals surface area contributed by atoms with Gasteiger partial charge in [0.1, 0.15) is 11.0 Å². The maximum atomic E-state index is 12.4. The van der Waals surface area contributed by atoms with Gasteiger partial charge in [-0.25, -0.2) is 5.10 Å². The van der Waals surface area contributed by atoms with Crippen LogP contribution in [0.1, 0.15) is 28.0 Å². The number of rotatable bonds is 2. The summed E-state index contributed by atoms with van der Waals surface area (Å²) in [6.07, 6.45) is 2.17. The first-order valence-corrected chi connectivity index (χ1v) is 8.03. The lowest BCUT2D eigenvalue weighted by atomic mass is 9.92. The van der Waals surface area contributed by atoms with Crippen molar-refractivity contribution in [2.24, 2.45) is 0 Å². The lowest BCUT2D eigenvalue weighted by Crippen LogP contribution is -2.39. The second-order valence-electron chi connectivity index (χ2n) is 5.59. The van der Waals surface area contributed by atoms with Gasteiger partial charge >= 0.3 is 0 Å². The molecule has 4 rings (SSSR count). The minimum Gasteiger partial charge on any atom is -0.349 e. The number of nitrogens with one attached hydrogen (secondary N) is 2. The van der Waals surface area contributed by atoms with E-state index < -0.39 is 0 Å². The molecule has 1 amide bonds. The van der Waals surface area contributed by atoms with Gasteiger partial charge in [-0.1, -0.05) is 0 Å². The molecule has 2 heterocycles. The van der Waals surface area contributed by atoms with Gasteiger partial charge in [0, 0.05) is 17.7 Å². The maximum absolute atomic E-state index is 12.4. The first-order valence-electron chi connectivity index (χ1n) is 7.30. The van der Waals surface area contributed by atoms with Crippen molar-refractivity contribution >= 4 is 28.7 Å². The molecule has 2 aromatic heterocycles. The summed E-state index contributed by atoms with van der Waals surface area (Å²) in [5.41, 5.74) is 3.70. The number of aromatic amines is 1. The Kier molecular flexibility index (Phi) is 3.38. The molecule has 23 heavy (non-hydrogen) atoms. The van der Waals surface area contributed by atoms with Crippen molar-refractivity contribution in [3.8, 4) is 0 Å². The fourth-order valence-electron chi connectivity index (χ4n) is 2.86. The molecule has 1 aromatic carbocycles. The molecular formula is C15H13N5O2S. The Bertz CT molecular complexity index is 948. The average molecular weight is 327 g/mol. The third-order valence-electron chi connectivity index (χ3n) is 4.02. The quantitative estimate of drug-likeness (QED) is 0.733. The normalized spacial score (nSPS) is 17.0. The van der Waals surface area contributed by atoms with E-state index in [1.165, 1.54) is 0 Å². The maximum Gasteiger partial charge on any atom is 0.264 e. The highest BCUT2D eigenvalue weighted by Crippen LogP contribution is 2.19. The van der Waals surface area contributed by atoms with Gasteiger partial charge in [-0.15, -0.1) is 0 Å².